The Morgan fingerprint density at radius 2 is 1.87 bits per heavy atom. The maximum atomic E-state index is 13.5. The second-order valence-corrected chi connectivity index (χ2v) is 4.92. The highest BCUT2D eigenvalue weighted by Gasteiger charge is 2.22. The predicted molar refractivity (Wildman–Crippen MR) is 81.8 cm³/mol. The second-order valence-electron chi connectivity index (χ2n) is 4.92. The molecule has 116 valence electrons. The highest BCUT2D eigenvalue weighted by atomic mass is 19.1. The van der Waals surface area contributed by atoms with Crippen LogP contribution in [0.4, 0.5) is 9.18 Å². The first-order valence-electron chi connectivity index (χ1n) is 6.92. The number of carbonyl (C=O) groups excluding carboxylic acids is 2. The van der Waals surface area contributed by atoms with Gasteiger partial charge in [0.05, 0.1) is 0 Å². The van der Waals surface area contributed by atoms with Gasteiger partial charge in [0.15, 0.2) is 0 Å². The lowest BCUT2D eigenvalue weighted by Crippen LogP contribution is -2.22. The van der Waals surface area contributed by atoms with Gasteiger partial charge in [-0.2, -0.15) is 0 Å². The minimum atomic E-state index is -0.548. The number of halogens is 1. The van der Waals surface area contributed by atoms with E-state index >= 15 is 0 Å². The lowest BCUT2D eigenvalue weighted by atomic mass is 10.2. The predicted octanol–water partition coefficient (Wildman–Crippen LogP) is 2.59. The highest BCUT2D eigenvalue weighted by molar-refractivity contribution is 6.13. The Morgan fingerprint density at radius 3 is 2.61 bits per heavy atom. The molecule has 1 aliphatic rings. The molecule has 1 fully saturated rings. The summed E-state index contributed by atoms with van der Waals surface area (Å²) in [4.78, 5) is 22.6. The van der Waals surface area contributed by atoms with Crippen molar-refractivity contribution in [3.05, 3.63) is 71.2 Å². The van der Waals surface area contributed by atoms with Crippen molar-refractivity contribution in [3.8, 4) is 5.75 Å². The summed E-state index contributed by atoms with van der Waals surface area (Å²) in [5.41, 5.74) is 1.31. The lowest BCUT2D eigenvalue weighted by Gasteiger charge is -2.08. The quantitative estimate of drug-likeness (QED) is 0.673. The molecule has 23 heavy (non-hydrogen) atoms. The summed E-state index contributed by atoms with van der Waals surface area (Å²) in [7, 11) is 0. The number of hydrogen-bond acceptors (Lipinski definition) is 3. The monoisotopic (exact) mass is 312 g/mol. The molecule has 1 heterocycles. The van der Waals surface area contributed by atoms with E-state index in [9.17, 15) is 14.0 Å². The molecule has 0 aliphatic carbocycles. The molecule has 2 aromatic carbocycles. The van der Waals surface area contributed by atoms with E-state index in [2.05, 4.69) is 10.6 Å². The maximum Gasteiger partial charge on any atom is 0.326 e. The molecule has 3 rings (SSSR count). The molecule has 2 N–H and O–H groups in total. The van der Waals surface area contributed by atoms with E-state index in [0.29, 0.717) is 16.9 Å². The van der Waals surface area contributed by atoms with E-state index in [1.54, 1.807) is 42.5 Å². The molecular weight excluding hydrogens is 299 g/mol. The van der Waals surface area contributed by atoms with Crippen LogP contribution in [0.1, 0.15) is 11.1 Å². The molecule has 1 saturated heterocycles. The molecule has 3 amide bonds. The number of imide groups is 1. The Hall–Kier alpha value is -3.15. The lowest BCUT2D eigenvalue weighted by molar-refractivity contribution is -0.115. The molecule has 5 nitrogen and oxygen atoms in total. The number of urea groups is 1. The van der Waals surface area contributed by atoms with Gasteiger partial charge in [-0.15, -0.1) is 0 Å². The smallest absolute Gasteiger partial charge is 0.326 e. The first-order chi connectivity index (χ1) is 11.1. The Labute approximate surface area is 131 Å². The molecule has 0 unspecified atom stereocenters. The zero-order chi connectivity index (χ0) is 16.2. The average molecular weight is 312 g/mol. The van der Waals surface area contributed by atoms with Crippen molar-refractivity contribution in [2.45, 2.75) is 6.61 Å². The van der Waals surface area contributed by atoms with Crippen LogP contribution in [0.3, 0.4) is 0 Å². The second kappa shape index (κ2) is 6.31. The van der Waals surface area contributed by atoms with Gasteiger partial charge in [0.1, 0.15) is 23.9 Å². The van der Waals surface area contributed by atoms with Crippen molar-refractivity contribution >= 4 is 18.0 Å². The fourth-order valence-electron chi connectivity index (χ4n) is 2.12. The first kappa shape index (κ1) is 14.8. The van der Waals surface area contributed by atoms with E-state index in [1.165, 1.54) is 12.1 Å². The summed E-state index contributed by atoms with van der Waals surface area (Å²) < 4.78 is 19.1. The molecule has 0 spiro atoms. The molecule has 1 aliphatic heterocycles. The fourth-order valence-corrected chi connectivity index (χ4v) is 2.12. The van der Waals surface area contributed by atoms with E-state index in [1.807, 2.05) is 0 Å². The number of benzene rings is 2. The van der Waals surface area contributed by atoms with Crippen LogP contribution in [-0.2, 0) is 11.4 Å². The summed E-state index contributed by atoms with van der Waals surface area (Å²) in [6.07, 6.45) is 1.54. The van der Waals surface area contributed by atoms with E-state index in [0.717, 1.165) is 0 Å². The van der Waals surface area contributed by atoms with Crippen molar-refractivity contribution in [2.24, 2.45) is 0 Å². The summed E-state index contributed by atoms with van der Waals surface area (Å²) in [5.74, 6) is -0.267. The van der Waals surface area contributed by atoms with E-state index in [-0.39, 0.29) is 18.1 Å². The Bertz CT molecular complexity index is 802. The van der Waals surface area contributed by atoms with Gasteiger partial charge < -0.3 is 10.1 Å². The number of ether oxygens (including phenoxy) is 1. The van der Waals surface area contributed by atoms with Crippen molar-refractivity contribution in [2.75, 3.05) is 0 Å². The molecule has 0 saturated carbocycles. The number of nitrogens with one attached hydrogen (secondary N) is 2. The third-order valence-electron chi connectivity index (χ3n) is 3.24. The molecule has 2 aromatic rings. The molecular formula is C17H13FN2O3. The summed E-state index contributed by atoms with van der Waals surface area (Å²) >= 11 is 0. The van der Waals surface area contributed by atoms with Gasteiger partial charge >= 0.3 is 6.03 Å². The number of carbonyl (C=O) groups is 2. The summed E-state index contributed by atoms with van der Waals surface area (Å²) in [5, 5.41) is 4.53. The Morgan fingerprint density at radius 1 is 1.04 bits per heavy atom. The van der Waals surface area contributed by atoms with E-state index in [4.69, 9.17) is 4.74 Å². The zero-order valence-corrected chi connectivity index (χ0v) is 12.0. The Balaban J connectivity index is 1.73. The van der Waals surface area contributed by atoms with Gasteiger partial charge in [0.25, 0.3) is 5.91 Å². The van der Waals surface area contributed by atoms with Crippen LogP contribution < -0.4 is 15.4 Å². The van der Waals surface area contributed by atoms with Gasteiger partial charge in [-0.25, -0.2) is 9.18 Å². The normalized spacial score (nSPS) is 15.4. The Kier molecular flexibility index (Phi) is 4.05. The van der Waals surface area contributed by atoms with Crippen molar-refractivity contribution in [1.29, 1.82) is 0 Å². The van der Waals surface area contributed by atoms with Crippen LogP contribution in [0.25, 0.3) is 6.08 Å². The average Bonchev–Trinajstić information content (AvgIpc) is 2.84. The molecule has 0 atom stereocenters. The third-order valence-corrected chi connectivity index (χ3v) is 3.24. The van der Waals surface area contributed by atoms with Crippen LogP contribution >= 0.6 is 0 Å². The van der Waals surface area contributed by atoms with Crippen LogP contribution in [0.15, 0.2) is 54.2 Å². The molecule has 0 radical (unpaired) electrons. The summed E-state index contributed by atoms with van der Waals surface area (Å²) in [6.45, 7) is 0.101. The van der Waals surface area contributed by atoms with Crippen LogP contribution in [0.2, 0.25) is 0 Å². The third kappa shape index (κ3) is 3.55. The number of rotatable bonds is 4. The minimum Gasteiger partial charge on any atom is -0.489 e. The van der Waals surface area contributed by atoms with Gasteiger partial charge in [-0.05, 0) is 29.8 Å². The maximum absolute atomic E-state index is 13.5. The fraction of sp³-hybridized carbons (Fsp3) is 0.0588. The van der Waals surface area contributed by atoms with Gasteiger partial charge in [-0.3, -0.25) is 10.1 Å². The van der Waals surface area contributed by atoms with Crippen molar-refractivity contribution in [1.82, 2.24) is 10.6 Å². The largest absolute Gasteiger partial charge is 0.489 e. The molecule has 6 heteroatoms. The minimum absolute atomic E-state index is 0.101. The molecule has 0 bridgehead atoms. The first-order valence-corrected chi connectivity index (χ1v) is 6.92. The van der Waals surface area contributed by atoms with Crippen LogP contribution in [0, 0.1) is 5.82 Å². The SMILES string of the molecule is O=C1NC(=O)/C(=C/c2cccc(OCc3ccccc3F)c2)N1. The van der Waals surface area contributed by atoms with Gasteiger partial charge in [-0.1, -0.05) is 30.3 Å². The van der Waals surface area contributed by atoms with Gasteiger partial charge in [0.2, 0.25) is 0 Å². The standard InChI is InChI=1S/C17H13FN2O3/c18-14-7-2-1-5-12(14)10-23-13-6-3-4-11(8-13)9-15-16(21)20-17(22)19-15/h1-9H,10H2,(H2,19,20,21,22)/b15-9-. The summed E-state index contributed by atoms with van der Waals surface area (Å²) in [6, 6.07) is 12.8. The number of amides is 3. The highest BCUT2D eigenvalue weighted by Crippen LogP contribution is 2.18. The topological polar surface area (TPSA) is 67.4 Å². The van der Waals surface area contributed by atoms with Gasteiger partial charge in [0, 0.05) is 5.56 Å². The van der Waals surface area contributed by atoms with Crippen molar-refractivity contribution < 1.29 is 18.7 Å². The zero-order valence-electron chi connectivity index (χ0n) is 12.0. The van der Waals surface area contributed by atoms with Crippen molar-refractivity contribution in [3.63, 3.8) is 0 Å². The molecule has 0 aromatic heterocycles. The van der Waals surface area contributed by atoms with E-state index < -0.39 is 11.9 Å². The number of hydrogen-bond donors (Lipinski definition) is 2. The van der Waals surface area contributed by atoms with Crippen LogP contribution in [0.5, 0.6) is 5.75 Å². The van der Waals surface area contributed by atoms with Crippen LogP contribution in [-0.4, -0.2) is 11.9 Å².